The van der Waals surface area contributed by atoms with E-state index in [1.165, 1.54) is 43.2 Å². The number of carbonyl (C=O) groups excluding carboxylic acids is 1. The molecule has 0 spiro atoms. The maximum Gasteiger partial charge on any atom is 0.272 e. The highest BCUT2D eigenvalue weighted by atomic mass is 16.2. The molecule has 0 bridgehead atoms. The quantitative estimate of drug-likeness (QED) is 0.921. The average molecular weight is 335 g/mol. The maximum atomic E-state index is 12.8. The number of aromatic nitrogens is 1. The predicted molar refractivity (Wildman–Crippen MR) is 99.6 cm³/mol. The van der Waals surface area contributed by atoms with Crippen molar-refractivity contribution in [2.75, 3.05) is 11.9 Å². The molecule has 0 saturated heterocycles. The van der Waals surface area contributed by atoms with E-state index in [1.807, 2.05) is 23.1 Å². The van der Waals surface area contributed by atoms with Crippen LogP contribution in [0.5, 0.6) is 0 Å². The lowest BCUT2D eigenvalue weighted by atomic mass is 9.95. The third kappa shape index (κ3) is 3.68. The van der Waals surface area contributed by atoms with Crippen LogP contribution in [-0.4, -0.2) is 28.4 Å². The van der Waals surface area contributed by atoms with Crippen LogP contribution in [-0.2, 0) is 13.0 Å². The zero-order valence-corrected chi connectivity index (χ0v) is 14.6. The molecule has 1 amide bonds. The zero-order chi connectivity index (χ0) is 17.1. The first kappa shape index (κ1) is 16.1. The number of hydrogen-bond donors (Lipinski definition) is 1. The van der Waals surface area contributed by atoms with Crippen LogP contribution in [0.2, 0.25) is 0 Å². The Morgan fingerprint density at radius 3 is 2.60 bits per heavy atom. The second kappa shape index (κ2) is 7.26. The molecule has 2 aliphatic rings. The van der Waals surface area contributed by atoms with E-state index in [-0.39, 0.29) is 5.91 Å². The normalized spacial score (nSPS) is 17.8. The van der Waals surface area contributed by atoms with Gasteiger partial charge >= 0.3 is 0 Å². The Morgan fingerprint density at radius 2 is 1.84 bits per heavy atom. The Bertz CT molecular complexity index is 735. The molecular weight excluding hydrogens is 310 g/mol. The van der Waals surface area contributed by atoms with Crippen LogP contribution in [0.1, 0.15) is 53.7 Å². The molecule has 2 aromatic rings. The summed E-state index contributed by atoms with van der Waals surface area (Å²) in [5.74, 6) is 0.0266. The first-order valence-electron chi connectivity index (χ1n) is 9.38. The Labute approximate surface area is 149 Å². The Morgan fingerprint density at radius 1 is 1.04 bits per heavy atom. The Kier molecular flexibility index (Phi) is 4.68. The van der Waals surface area contributed by atoms with Crippen molar-refractivity contribution in [1.82, 2.24) is 9.88 Å². The number of rotatable bonds is 3. The van der Waals surface area contributed by atoms with Gasteiger partial charge in [0.1, 0.15) is 5.69 Å². The third-order valence-corrected chi connectivity index (χ3v) is 5.38. The Hall–Kier alpha value is -2.36. The van der Waals surface area contributed by atoms with Crippen LogP contribution >= 0.6 is 0 Å². The van der Waals surface area contributed by atoms with Crippen molar-refractivity contribution in [1.29, 1.82) is 0 Å². The van der Waals surface area contributed by atoms with Crippen LogP contribution in [0.3, 0.4) is 0 Å². The molecule has 4 rings (SSSR count). The van der Waals surface area contributed by atoms with Gasteiger partial charge < -0.3 is 10.2 Å². The molecule has 130 valence electrons. The molecule has 1 aromatic carbocycles. The third-order valence-electron chi connectivity index (χ3n) is 5.38. The first-order chi connectivity index (χ1) is 12.3. The van der Waals surface area contributed by atoms with E-state index in [2.05, 4.69) is 28.5 Å². The SMILES string of the molecule is O=C(c1ccc(NC2CCCCC2)cn1)N1CCc2ccccc2C1. The number of fused-ring (bicyclic) bond motifs is 1. The summed E-state index contributed by atoms with van der Waals surface area (Å²) in [6.45, 7) is 1.44. The molecule has 0 atom stereocenters. The van der Waals surface area contributed by atoms with E-state index in [4.69, 9.17) is 0 Å². The van der Waals surface area contributed by atoms with Gasteiger partial charge in [-0.3, -0.25) is 4.79 Å². The highest BCUT2D eigenvalue weighted by Crippen LogP contribution is 2.22. The standard InChI is InChI=1S/C21H25N3O/c25-21(24-13-12-16-6-4-5-7-17(16)15-24)20-11-10-19(14-22-20)23-18-8-2-1-3-9-18/h4-7,10-11,14,18,23H,1-3,8-9,12-13,15H2. The van der Waals surface area contributed by atoms with Crippen molar-refractivity contribution in [3.05, 3.63) is 59.4 Å². The van der Waals surface area contributed by atoms with E-state index in [0.717, 1.165) is 18.7 Å². The Balaban J connectivity index is 1.41. The van der Waals surface area contributed by atoms with E-state index in [9.17, 15) is 4.79 Å². The van der Waals surface area contributed by atoms with Crippen molar-refractivity contribution in [2.24, 2.45) is 0 Å². The second-order valence-electron chi connectivity index (χ2n) is 7.16. The van der Waals surface area contributed by atoms with E-state index in [1.54, 1.807) is 6.20 Å². The predicted octanol–water partition coefficient (Wildman–Crippen LogP) is 4.02. The monoisotopic (exact) mass is 335 g/mol. The second-order valence-corrected chi connectivity index (χ2v) is 7.16. The fraction of sp³-hybridized carbons (Fsp3) is 0.429. The van der Waals surface area contributed by atoms with Gasteiger partial charge in [0.25, 0.3) is 5.91 Å². The van der Waals surface area contributed by atoms with Gasteiger partial charge in [-0.2, -0.15) is 0 Å². The van der Waals surface area contributed by atoms with E-state index in [0.29, 0.717) is 18.3 Å². The minimum atomic E-state index is 0.0266. The summed E-state index contributed by atoms with van der Waals surface area (Å²) in [6.07, 6.45) is 9.14. The summed E-state index contributed by atoms with van der Waals surface area (Å²) < 4.78 is 0. The highest BCUT2D eigenvalue weighted by Gasteiger charge is 2.22. The summed E-state index contributed by atoms with van der Waals surface area (Å²) in [7, 11) is 0. The summed E-state index contributed by atoms with van der Waals surface area (Å²) in [5.41, 5.74) is 4.16. The van der Waals surface area contributed by atoms with Crippen LogP contribution < -0.4 is 5.32 Å². The summed E-state index contributed by atoms with van der Waals surface area (Å²) in [6, 6.07) is 12.8. The topological polar surface area (TPSA) is 45.2 Å². The molecule has 1 fully saturated rings. The summed E-state index contributed by atoms with van der Waals surface area (Å²) in [5, 5.41) is 3.55. The number of pyridine rings is 1. The lowest BCUT2D eigenvalue weighted by Crippen LogP contribution is -2.36. The number of nitrogens with one attached hydrogen (secondary N) is 1. The molecular formula is C21H25N3O. The van der Waals surface area contributed by atoms with Gasteiger partial charge in [0, 0.05) is 19.1 Å². The van der Waals surface area contributed by atoms with Gasteiger partial charge in [-0.15, -0.1) is 0 Å². The fourth-order valence-electron chi connectivity index (χ4n) is 3.92. The van der Waals surface area contributed by atoms with Crippen molar-refractivity contribution in [3.8, 4) is 0 Å². The van der Waals surface area contributed by atoms with Crippen LogP contribution in [0, 0.1) is 0 Å². The maximum absolute atomic E-state index is 12.8. The van der Waals surface area contributed by atoms with Crippen molar-refractivity contribution in [2.45, 2.75) is 51.1 Å². The molecule has 2 heterocycles. The zero-order valence-electron chi connectivity index (χ0n) is 14.6. The summed E-state index contributed by atoms with van der Waals surface area (Å²) >= 11 is 0. The number of nitrogens with zero attached hydrogens (tertiary/aromatic N) is 2. The first-order valence-corrected chi connectivity index (χ1v) is 9.38. The molecule has 4 nitrogen and oxygen atoms in total. The van der Waals surface area contributed by atoms with Gasteiger partial charge in [-0.1, -0.05) is 43.5 Å². The van der Waals surface area contributed by atoms with Gasteiger partial charge in [0.2, 0.25) is 0 Å². The molecule has 0 radical (unpaired) electrons. The number of carbonyl (C=O) groups is 1. The molecule has 1 aromatic heterocycles. The molecule has 1 aliphatic carbocycles. The van der Waals surface area contributed by atoms with E-state index < -0.39 is 0 Å². The number of anilines is 1. The van der Waals surface area contributed by atoms with Gasteiger partial charge in [0.15, 0.2) is 0 Å². The van der Waals surface area contributed by atoms with Gasteiger partial charge in [-0.05, 0) is 42.5 Å². The van der Waals surface area contributed by atoms with Crippen LogP contribution in [0.4, 0.5) is 5.69 Å². The van der Waals surface area contributed by atoms with Gasteiger partial charge in [-0.25, -0.2) is 4.98 Å². The molecule has 0 unspecified atom stereocenters. The lowest BCUT2D eigenvalue weighted by Gasteiger charge is -2.28. The van der Waals surface area contributed by atoms with Crippen LogP contribution in [0.25, 0.3) is 0 Å². The average Bonchev–Trinajstić information content (AvgIpc) is 2.68. The highest BCUT2D eigenvalue weighted by molar-refractivity contribution is 5.92. The van der Waals surface area contributed by atoms with Crippen LogP contribution in [0.15, 0.2) is 42.6 Å². The minimum absolute atomic E-state index is 0.0266. The van der Waals surface area contributed by atoms with Crippen molar-refractivity contribution in [3.63, 3.8) is 0 Å². The number of benzene rings is 1. The van der Waals surface area contributed by atoms with Crippen molar-refractivity contribution >= 4 is 11.6 Å². The molecule has 4 heteroatoms. The number of hydrogen-bond acceptors (Lipinski definition) is 3. The number of amides is 1. The molecule has 1 N–H and O–H groups in total. The molecule has 1 saturated carbocycles. The molecule has 25 heavy (non-hydrogen) atoms. The molecule has 1 aliphatic heterocycles. The minimum Gasteiger partial charge on any atom is -0.381 e. The van der Waals surface area contributed by atoms with Crippen molar-refractivity contribution < 1.29 is 4.79 Å². The fourth-order valence-corrected chi connectivity index (χ4v) is 3.92. The smallest absolute Gasteiger partial charge is 0.272 e. The largest absolute Gasteiger partial charge is 0.381 e. The summed E-state index contributed by atoms with van der Waals surface area (Å²) in [4.78, 5) is 19.1. The van der Waals surface area contributed by atoms with Gasteiger partial charge in [0.05, 0.1) is 11.9 Å². The van der Waals surface area contributed by atoms with E-state index >= 15 is 0 Å². The lowest BCUT2D eigenvalue weighted by molar-refractivity contribution is 0.0729.